The van der Waals surface area contributed by atoms with Crippen LogP contribution < -0.4 is 0 Å². The normalized spacial score (nSPS) is 22.2. The van der Waals surface area contributed by atoms with E-state index < -0.39 is 5.60 Å². The summed E-state index contributed by atoms with van der Waals surface area (Å²) in [6.07, 6.45) is 6.31. The Balaban J connectivity index is 1.42. The van der Waals surface area contributed by atoms with Crippen LogP contribution >= 0.6 is 0 Å². The molecule has 166 valence electrons. The van der Waals surface area contributed by atoms with Gasteiger partial charge in [0.15, 0.2) is 5.60 Å². The van der Waals surface area contributed by atoms with E-state index in [1.807, 2.05) is 37.4 Å². The van der Waals surface area contributed by atoms with E-state index in [4.69, 9.17) is 0 Å². The van der Waals surface area contributed by atoms with Gasteiger partial charge in [0.05, 0.1) is 0 Å². The van der Waals surface area contributed by atoms with Crippen molar-refractivity contribution in [1.29, 1.82) is 0 Å². The number of aliphatic hydroxyl groups is 1. The Morgan fingerprint density at radius 3 is 2.32 bits per heavy atom. The highest BCUT2D eigenvalue weighted by Crippen LogP contribution is 2.40. The van der Waals surface area contributed by atoms with Crippen LogP contribution in [-0.2, 0) is 16.9 Å². The van der Waals surface area contributed by atoms with E-state index in [1.54, 1.807) is 4.90 Å². The lowest BCUT2D eigenvalue weighted by Crippen LogP contribution is -2.51. The van der Waals surface area contributed by atoms with Gasteiger partial charge in [-0.2, -0.15) is 0 Å². The Labute approximate surface area is 186 Å². The quantitative estimate of drug-likeness (QED) is 0.720. The maximum atomic E-state index is 13.7. The van der Waals surface area contributed by atoms with E-state index in [0.717, 1.165) is 57.3 Å². The molecule has 1 heterocycles. The third-order valence-electron chi connectivity index (χ3n) is 7.23. The minimum Gasteiger partial charge on any atom is -0.375 e. The smallest absolute Gasteiger partial charge is 0.259 e. The second-order valence-electron chi connectivity index (χ2n) is 9.53. The molecule has 0 spiro atoms. The number of hydrogen-bond donors (Lipinski definition) is 1. The van der Waals surface area contributed by atoms with Crippen molar-refractivity contribution in [3.63, 3.8) is 0 Å². The van der Waals surface area contributed by atoms with E-state index in [2.05, 4.69) is 35.2 Å². The Morgan fingerprint density at radius 1 is 1.00 bits per heavy atom. The van der Waals surface area contributed by atoms with Crippen LogP contribution in [0.15, 0.2) is 60.7 Å². The lowest BCUT2D eigenvalue weighted by atomic mass is 9.72. The van der Waals surface area contributed by atoms with Gasteiger partial charge in [0.2, 0.25) is 0 Å². The number of likely N-dealkylation sites (tertiary alicyclic amines) is 1. The summed E-state index contributed by atoms with van der Waals surface area (Å²) in [5.74, 6) is 0.313. The molecule has 4 rings (SSSR count). The average Bonchev–Trinajstić information content (AvgIpc) is 3.26. The van der Waals surface area contributed by atoms with Crippen molar-refractivity contribution in [3.05, 3.63) is 71.8 Å². The van der Waals surface area contributed by atoms with Gasteiger partial charge in [-0.15, -0.1) is 0 Å². The number of rotatable bonds is 7. The second-order valence-corrected chi connectivity index (χ2v) is 9.53. The highest BCUT2D eigenvalue weighted by atomic mass is 16.3. The summed E-state index contributed by atoms with van der Waals surface area (Å²) >= 11 is 0. The SMILES string of the molecule is CN(CC1CCN(Cc2ccccc2)C1)C(=O)C(O)(c1ccccc1)C1CCCCC1. The van der Waals surface area contributed by atoms with Crippen LogP contribution in [0.4, 0.5) is 0 Å². The molecule has 2 aromatic rings. The summed E-state index contributed by atoms with van der Waals surface area (Å²) in [7, 11) is 1.87. The second kappa shape index (κ2) is 9.97. The van der Waals surface area contributed by atoms with Crippen molar-refractivity contribution in [3.8, 4) is 0 Å². The van der Waals surface area contributed by atoms with E-state index in [9.17, 15) is 9.90 Å². The Kier molecular flexibility index (Phi) is 7.09. The summed E-state index contributed by atoms with van der Waals surface area (Å²) < 4.78 is 0. The largest absolute Gasteiger partial charge is 0.375 e. The fourth-order valence-corrected chi connectivity index (χ4v) is 5.55. The minimum absolute atomic E-state index is 0.00300. The Hall–Kier alpha value is -2.17. The molecule has 0 radical (unpaired) electrons. The van der Waals surface area contributed by atoms with Crippen LogP contribution in [0.5, 0.6) is 0 Å². The molecule has 1 saturated carbocycles. The molecule has 1 aliphatic carbocycles. The third kappa shape index (κ3) is 5.02. The molecule has 31 heavy (non-hydrogen) atoms. The zero-order valence-corrected chi connectivity index (χ0v) is 18.7. The fraction of sp³-hybridized carbons (Fsp3) is 0.519. The highest BCUT2D eigenvalue weighted by Gasteiger charge is 2.47. The Bertz CT molecular complexity index is 835. The molecule has 2 aliphatic rings. The average molecular weight is 421 g/mol. The molecule has 4 heteroatoms. The van der Waals surface area contributed by atoms with Crippen molar-refractivity contribution in [1.82, 2.24) is 9.80 Å². The number of benzene rings is 2. The maximum Gasteiger partial charge on any atom is 0.259 e. The van der Waals surface area contributed by atoms with E-state index in [0.29, 0.717) is 12.5 Å². The summed E-state index contributed by atoms with van der Waals surface area (Å²) in [5.41, 5.74) is 0.665. The lowest BCUT2D eigenvalue weighted by Gasteiger charge is -2.40. The van der Waals surface area contributed by atoms with Crippen LogP contribution in [0.3, 0.4) is 0 Å². The van der Waals surface area contributed by atoms with Crippen LogP contribution in [0.25, 0.3) is 0 Å². The number of amides is 1. The van der Waals surface area contributed by atoms with E-state index in [-0.39, 0.29) is 11.8 Å². The van der Waals surface area contributed by atoms with Gasteiger partial charge in [0.25, 0.3) is 5.91 Å². The number of carbonyl (C=O) groups excluding carboxylic acids is 1. The molecule has 1 N–H and O–H groups in total. The van der Waals surface area contributed by atoms with Crippen LogP contribution in [0.2, 0.25) is 0 Å². The number of nitrogens with zero attached hydrogens (tertiary/aromatic N) is 2. The molecule has 4 nitrogen and oxygen atoms in total. The van der Waals surface area contributed by atoms with Gasteiger partial charge in [-0.05, 0) is 42.9 Å². The maximum absolute atomic E-state index is 13.7. The lowest BCUT2D eigenvalue weighted by molar-refractivity contribution is -0.160. The monoisotopic (exact) mass is 420 g/mol. The number of carbonyl (C=O) groups is 1. The molecular formula is C27H36N2O2. The van der Waals surface area contributed by atoms with Gasteiger partial charge >= 0.3 is 0 Å². The molecule has 1 amide bonds. The summed E-state index contributed by atoms with van der Waals surface area (Å²) in [6.45, 7) is 3.73. The molecule has 2 atom stereocenters. The van der Waals surface area contributed by atoms with Crippen molar-refractivity contribution in [2.75, 3.05) is 26.7 Å². The predicted molar refractivity (Wildman–Crippen MR) is 124 cm³/mol. The van der Waals surface area contributed by atoms with Crippen LogP contribution in [0, 0.1) is 11.8 Å². The van der Waals surface area contributed by atoms with Gasteiger partial charge in [-0.1, -0.05) is 79.9 Å². The standard InChI is InChI=1S/C27H36N2O2/c1-28(19-23-17-18-29(21-23)20-22-11-5-2-6-12-22)26(30)27(31,24-13-7-3-8-14-24)25-15-9-4-10-16-25/h2-3,5-8,11-14,23,25,31H,4,9-10,15-21H2,1H3. The first-order valence-corrected chi connectivity index (χ1v) is 11.9. The van der Waals surface area contributed by atoms with Crippen molar-refractivity contribution < 1.29 is 9.90 Å². The predicted octanol–water partition coefficient (Wildman–Crippen LogP) is 4.44. The first-order valence-electron chi connectivity index (χ1n) is 11.9. The highest BCUT2D eigenvalue weighted by molar-refractivity contribution is 5.86. The van der Waals surface area contributed by atoms with Crippen molar-refractivity contribution in [2.24, 2.45) is 11.8 Å². The van der Waals surface area contributed by atoms with Crippen LogP contribution in [0.1, 0.15) is 49.7 Å². The van der Waals surface area contributed by atoms with Gasteiger partial charge in [0, 0.05) is 32.6 Å². The van der Waals surface area contributed by atoms with E-state index in [1.165, 1.54) is 12.0 Å². The fourth-order valence-electron chi connectivity index (χ4n) is 5.55. The molecule has 2 unspecified atom stereocenters. The van der Waals surface area contributed by atoms with E-state index >= 15 is 0 Å². The van der Waals surface area contributed by atoms with Crippen molar-refractivity contribution >= 4 is 5.91 Å². The molecule has 0 aromatic heterocycles. The first kappa shape index (κ1) is 22.0. The van der Waals surface area contributed by atoms with Gasteiger partial charge in [-0.3, -0.25) is 9.69 Å². The molecular weight excluding hydrogens is 384 g/mol. The number of likely N-dealkylation sites (N-methyl/N-ethyl adjacent to an activating group) is 1. The molecule has 2 aromatic carbocycles. The van der Waals surface area contributed by atoms with Gasteiger partial charge < -0.3 is 10.0 Å². The first-order chi connectivity index (χ1) is 15.1. The van der Waals surface area contributed by atoms with Gasteiger partial charge in [0.1, 0.15) is 0 Å². The summed E-state index contributed by atoms with van der Waals surface area (Å²) in [5, 5.41) is 11.9. The topological polar surface area (TPSA) is 43.8 Å². The molecule has 1 aliphatic heterocycles. The number of hydrogen-bond acceptors (Lipinski definition) is 3. The molecule has 2 fully saturated rings. The minimum atomic E-state index is -1.42. The zero-order chi connectivity index (χ0) is 21.7. The zero-order valence-electron chi connectivity index (χ0n) is 18.7. The Morgan fingerprint density at radius 2 is 1.65 bits per heavy atom. The molecule has 1 saturated heterocycles. The molecule has 0 bridgehead atoms. The van der Waals surface area contributed by atoms with Crippen LogP contribution in [-0.4, -0.2) is 47.5 Å². The van der Waals surface area contributed by atoms with Gasteiger partial charge in [-0.25, -0.2) is 0 Å². The summed E-state index contributed by atoms with van der Waals surface area (Å²) in [6, 6.07) is 20.2. The third-order valence-corrected chi connectivity index (χ3v) is 7.23. The summed E-state index contributed by atoms with van der Waals surface area (Å²) in [4.78, 5) is 18.0. The van der Waals surface area contributed by atoms with Crippen molar-refractivity contribution in [2.45, 2.75) is 50.7 Å².